The van der Waals surface area contributed by atoms with Crippen LogP contribution >= 0.6 is 0 Å². The van der Waals surface area contributed by atoms with Crippen molar-refractivity contribution in [2.75, 3.05) is 7.11 Å². The lowest BCUT2D eigenvalue weighted by molar-refractivity contribution is 0.304. The van der Waals surface area contributed by atoms with Gasteiger partial charge in [-0.05, 0) is 36.8 Å². The Hall–Kier alpha value is -2.07. The fraction of sp³-hybridized carbons (Fsp3) is 0.312. The number of nitrogens with two attached hydrogens (primary N) is 1. The summed E-state index contributed by atoms with van der Waals surface area (Å²) in [7, 11) is 1.65. The number of ether oxygens (including phenoxy) is 2. The lowest BCUT2D eigenvalue weighted by Crippen LogP contribution is -2.18. The van der Waals surface area contributed by atoms with Crippen LogP contribution in [0.15, 0.2) is 42.6 Å². The van der Waals surface area contributed by atoms with Gasteiger partial charge >= 0.3 is 0 Å². The van der Waals surface area contributed by atoms with E-state index in [1.807, 2.05) is 43.3 Å². The number of aromatic nitrogens is 1. The molecular formula is C16H20N2O2. The number of hydrogen-bond donors (Lipinski definition) is 1. The minimum atomic E-state index is 0.119. The summed E-state index contributed by atoms with van der Waals surface area (Å²) in [6.45, 7) is 2.48. The van der Waals surface area contributed by atoms with E-state index in [2.05, 4.69) is 4.98 Å². The first-order valence-electron chi connectivity index (χ1n) is 6.63. The summed E-state index contributed by atoms with van der Waals surface area (Å²) < 4.78 is 10.8. The van der Waals surface area contributed by atoms with E-state index in [1.54, 1.807) is 13.3 Å². The second kappa shape index (κ2) is 6.91. The van der Waals surface area contributed by atoms with Crippen LogP contribution in [0, 0.1) is 0 Å². The van der Waals surface area contributed by atoms with Gasteiger partial charge in [0.2, 0.25) is 0 Å². The van der Waals surface area contributed by atoms with E-state index in [9.17, 15) is 0 Å². The molecule has 1 aromatic carbocycles. The Morgan fingerprint density at radius 1 is 1.10 bits per heavy atom. The summed E-state index contributed by atoms with van der Waals surface area (Å²) in [6.07, 6.45) is 2.51. The molecule has 2 rings (SSSR count). The number of pyridine rings is 1. The third-order valence-electron chi connectivity index (χ3n) is 2.89. The molecule has 1 aromatic heterocycles. The summed E-state index contributed by atoms with van der Waals surface area (Å²) in [5.41, 5.74) is 7.81. The smallest absolute Gasteiger partial charge is 0.138 e. The van der Waals surface area contributed by atoms with Crippen molar-refractivity contribution in [1.82, 2.24) is 4.98 Å². The molecule has 2 N–H and O–H groups in total. The minimum absolute atomic E-state index is 0.119. The van der Waals surface area contributed by atoms with E-state index < -0.39 is 0 Å². The Morgan fingerprint density at radius 3 is 2.35 bits per heavy atom. The largest absolute Gasteiger partial charge is 0.497 e. The molecule has 20 heavy (non-hydrogen) atoms. The predicted octanol–water partition coefficient (Wildman–Crippen LogP) is 2.56. The number of rotatable bonds is 6. The van der Waals surface area contributed by atoms with Gasteiger partial charge in [0, 0.05) is 18.2 Å². The molecule has 0 aliphatic rings. The van der Waals surface area contributed by atoms with Crippen molar-refractivity contribution < 1.29 is 9.47 Å². The quantitative estimate of drug-likeness (QED) is 0.878. The van der Waals surface area contributed by atoms with Crippen molar-refractivity contribution in [3.05, 3.63) is 53.9 Å². The zero-order chi connectivity index (χ0) is 14.4. The van der Waals surface area contributed by atoms with Crippen LogP contribution in [0.4, 0.5) is 0 Å². The van der Waals surface area contributed by atoms with Crippen LogP contribution in [-0.2, 0) is 13.0 Å². The van der Waals surface area contributed by atoms with Crippen molar-refractivity contribution in [3.8, 4) is 11.5 Å². The zero-order valence-corrected chi connectivity index (χ0v) is 11.9. The Bertz CT molecular complexity index is 521. The summed E-state index contributed by atoms with van der Waals surface area (Å²) in [4.78, 5) is 4.33. The molecule has 0 fully saturated rings. The second-order valence-electron chi connectivity index (χ2n) is 4.80. The van der Waals surface area contributed by atoms with Crippen molar-refractivity contribution >= 4 is 0 Å². The van der Waals surface area contributed by atoms with Gasteiger partial charge in [0.15, 0.2) is 0 Å². The van der Waals surface area contributed by atoms with E-state index >= 15 is 0 Å². The molecule has 0 saturated carbocycles. The molecule has 1 unspecified atom stereocenters. The van der Waals surface area contributed by atoms with E-state index in [0.717, 1.165) is 29.2 Å². The molecule has 2 aromatic rings. The number of hydrogen-bond acceptors (Lipinski definition) is 4. The molecular weight excluding hydrogens is 252 g/mol. The first kappa shape index (κ1) is 14.3. The monoisotopic (exact) mass is 272 g/mol. The topological polar surface area (TPSA) is 57.4 Å². The van der Waals surface area contributed by atoms with Gasteiger partial charge in [-0.15, -0.1) is 0 Å². The average Bonchev–Trinajstić information content (AvgIpc) is 2.46. The van der Waals surface area contributed by atoms with Crippen molar-refractivity contribution in [3.63, 3.8) is 0 Å². The van der Waals surface area contributed by atoms with Crippen LogP contribution in [0.25, 0.3) is 0 Å². The maximum absolute atomic E-state index is 5.74. The van der Waals surface area contributed by atoms with Gasteiger partial charge in [-0.2, -0.15) is 0 Å². The van der Waals surface area contributed by atoms with Crippen LogP contribution in [0.1, 0.15) is 18.2 Å². The SMILES string of the molecule is COc1ccc(COc2ccc(CC(C)N)nc2)cc1. The minimum Gasteiger partial charge on any atom is -0.497 e. The standard InChI is InChI=1S/C16H20N2O2/c1-12(17)9-14-5-8-16(10-18-14)20-11-13-3-6-15(19-2)7-4-13/h3-8,10,12H,9,11,17H2,1-2H3. The van der Waals surface area contributed by atoms with Crippen LogP contribution in [0.5, 0.6) is 11.5 Å². The summed E-state index contributed by atoms with van der Waals surface area (Å²) >= 11 is 0. The van der Waals surface area contributed by atoms with Gasteiger partial charge < -0.3 is 15.2 Å². The fourth-order valence-corrected chi connectivity index (χ4v) is 1.84. The highest BCUT2D eigenvalue weighted by atomic mass is 16.5. The fourth-order valence-electron chi connectivity index (χ4n) is 1.84. The molecule has 0 spiro atoms. The molecule has 0 amide bonds. The molecule has 4 nitrogen and oxygen atoms in total. The highest BCUT2D eigenvalue weighted by Gasteiger charge is 2.01. The molecule has 1 atom stereocenters. The Labute approximate surface area is 119 Å². The van der Waals surface area contributed by atoms with Crippen molar-refractivity contribution in [2.24, 2.45) is 5.73 Å². The first-order valence-corrected chi connectivity index (χ1v) is 6.63. The lowest BCUT2D eigenvalue weighted by atomic mass is 10.2. The van der Waals surface area contributed by atoms with E-state index in [0.29, 0.717) is 6.61 Å². The molecule has 0 aliphatic carbocycles. The third kappa shape index (κ3) is 4.24. The third-order valence-corrected chi connectivity index (χ3v) is 2.89. The Kier molecular flexibility index (Phi) is 4.96. The summed E-state index contributed by atoms with van der Waals surface area (Å²) in [5, 5.41) is 0. The molecule has 0 saturated heterocycles. The van der Waals surface area contributed by atoms with Gasteiger partial charge in [-0.25, -0.2) is 0 Å². The highest BCUT2D eigenvalue weighted by Crippen LogP contribution is 2.15. The Balaban J connectivity index is 1.89. The highest BCUT2D eigenvalue weighted by molar-refractivity contribution is 5.27. The normalized spacial score (nSPS) is 11.9. The molecule has 0 radical (unpaired) electrons. The number of methoxy groups -OCH3 is 1. The molecule has 106 valence electrons. The van der Waals surface area contributed by atoms with E-state index in [-0.39, 0.29) is 6.04 Å². The molecule has 1 heterocycles. The van der Waals surface area contributed by atoms with Gasteiger partial charge in [-0.3, -0.25) is 4.98 Å². The molecule has 4 heteroatoms. The molecule has 0 aliphatic heterocycles. The van der Waals surface area contributed by atoms with Gasteiger partial charge in [0.25, 0.3) is 0 Å². The van der Waals surface area contributed by atoms with Crippen LogP contribution < -0.4 is 15.2 Å². The summed E-state index contributed by atoms with van der Waals surface area (Å²) in [6, 6.07) is 11.8. The van der Waals surface area contributed by atoms with Crippen LogP contribution in [0.3, 0.4) is 0 Å². The zero-order valence-electron chi connectivity index (χ0n) is 11.9. The second-order valence-corrected chi connectivity index (χ2v) is 4.80. The lowest BCUT2D eigenvalue weighted by Gasteiger charge is -2.08. The van der Waals surface area contributed by atoms with Gasteiger partial charge in [-0.1, -0.05) is 12.1 Å². The average molecular weight is 272 g/mol. The number of benzene rings is 1. The molecule has 0 bridgehead atoms. The van der Waals surface area contributed by atoms with E-state index in [4.69, 9.17) is 15.2 Å². The first-order chi connectivity index (χ1) is 9.67. The van der Waals surface area contributed by atoms with Crippen LogP contribution in [0.2, 0.25) is 0 Å². The maximum Gasteiger partial charge on any atom is 0.138 e. The Morgan fingerprint density at radius 2 is 1.80 bits per heavy atom. The van der Waals surface area contributed by atoms with Gasteiger partial charge in [0.05, 0.1) is 13.3 Å². The number of nitrogens with zero attached hydrogens (tertiary/aromatic N) is 1. The summed E-state index contributed by atoms with van der Waals surface area (Å²) in [5.74, 6) is 1.60. The van der Waals surface area contributed by atoms with Crippen molar-refractivity contribution in [2.45, 2.75) is 26.0 Å². The van der Waals surface area contributed by atoms with Gasteiger partial charge in [0.1, 0.15) is 18.1 Å². The van der Waals surface area contributed by atoms with Crippen LogP contribution in [-0.4, -0.2) is 18.1 Å². The van der Waals surface area contributed by atoms with Crippen molar-refractivity contribution in [1.29, 1.82) is 0 Å². The van der Waals surface area contributed by atoms with E-state index in [1.165, 1.54) is 0 Å². The maximum atomic E-state index is 5.74. The predicted molar refractivity (Wildman–Crippen MR) is 78.9 cm³/mol.